The summed E-state index contributed by atoms with van der Waals surface area (Å²) < 4.78 is 6.62. The number of hydrogen-bond acceptors (Lipinski definition) is 4. The first kappa shape index (κ1) is 19.1. The molecule has 0 aliphatic carbocycles. The van der Waals surface area contributed by atoms with Gasteiger partial charge in [-0.15, -0.1) is 11.8 Å². The molecule has 23 heavy (non-hydrogen) atoms. The van der Waals surface area contributed by atoms with Gasteiger partial charge in [-0.2, -0.15) is 0 Å². The van der Waals surface area contributed by atoms with E-state index in [1.807, 2.05) is 12.1 Å². The maximum atomic E-state index is 5.63. The molecule has 0 unspecified atom stereocenters. The average molecular weight is 401 g/mol. The minimum Gasteiger partial charge on any atom is -0.478 e. The maximum absolute atomic E-state index is 5.63. The van der Waals surface area contributed by atoms with Crippen LogP contribution in [0, 0.1) is 0 Å². The van der Waals surface area contributed by atoms with Gasteiger partial charge in [-0.1, -0.05) is 38.5 Å². The van der Waals surface area contributed by atoms with Crippen molar-refractivity contribution in [1.29, 1.82) is 0 Å². The summed E-state index contributed by atoms with van der Waals surface area (Å²) in [5, 5.41) is 0. The fourth-order valence-electron chi connectivity index (χ4n) is 2.75. The van der Waals surface area contributed by atoms with Crippen LogP contribution in [0.5, 0.6) is 5.88 Å². The van der Waals surface area contributed by atoms with E-state index in [1.54, 1.807) is 6.20 Å². The molecule has 1 aliphatic rings. The van der Waals surface area contributed by atoms with Crippen molar-refractivity contribution in [3.63, 3.8) is 0 Å². The molecule has 1 saturated heterocycles. The minimum atomic E-state index is 0.726. The molecule has 0 radical (unpaired) electrons. The normalized spacial score (nSPS) is 15.2. The van der Waals surface area contributed by atoms with E-state index in [4.69, 9.17) is 4.74 Å². The van der Waals surface area contributed by atoms with Crippen molar-refractivity contribution in [3.05, 3.63) is 22.8 Å². The largest absolute Gasteiger partial charge is 0.478 e. The van der Waals surface area contributed by atoms with Crippen LogP contribution in [0.15, 0.2) is 22.8 Å². The molecule has 0 aromatic carbocycles. The highest BCUT2D eigenvalue weighted by molar-refractivity contribution is 9.10. The molecule has 1 aromatic rings. The van der Waals surface area contributed by atoms with Gasteiger partial charge in [0.05, 0.1) is 6.61 Å². The van der Waals surface area contributed by atoms with Crippen LogP contribution < -0.4 is 4.74 Å². The summed E-state index contributed by atoms with van der Waals surface area (Å²) in [4.78, 5) is 6.80. The van der Waals surface area contributed by atoms with Gasteiger partial charge >= 0.3 is 0 Å². The highest BCUT2D eigenvalue weighted by Crippen LogP contribution is 2.15. The second-order valence-corrected chi connectivity index (χ2v) is 8.14. The van der Waals surface area contributed by atoms with E-state index < -0.39 is 0 Å². The van der Waals surface area contributed by atoms with Crippen molar-refractivity contribution in [2.24, 2.45) is 0 Å². The van der Waals surface area contributed by atoms with Crippen LogP contribution in [0.3, 0.4) is 0 Å². The molecule has 3 nitrogen and oxygen atoms in total. The number of nitrogens with zero attached hydrogens (tertiary/aromatic N) is 2. The SMILES string of the molecule is Brc1ccc(OCCCCCCCCCCN2CCSC2)nc1. The number of pyridine rings is 1. The van der Waals surface area contributed by atoms with E-state index in [0.717, 1.165) is 23.4 Å². The lowest BCUT2D eigenvalue weighted by Crippen LogP contribution is -2.20. The van der Waals surface area contributed by atoms with Gasteiger partial charge in [-0.3, -0.25) is 4.90 Å². The molecule has 2 heterocycles. The number of hydrogen-bond donors (Lipinski definition) is 0. The number of ether oxygens (including phenoxy) is 1. The van der Waals surface area contributed by atoms with Crippen LogP contribution in [-0.2, 0) is 0 Å². The molecular formula is C18H29BrN2OS. The van der Waals surface area contributed by atoms with Crippen LogP contribution >= 0.6 is 27.7 Å². The van der Waals surface area contributed by atoms with Gasteiger partial charge in [0.2, 0.25) is 5.88 Å². The molecular weight excluding hydrogens is 372 g/mol. The van der Waals surface area contributed by atoms with E-state index >= 15 is 0 Å². The van der Waals surface area contributed by atoms with Gasteiger partial charge in [0.15, 0.2) is 0 Å². The molecule has 0 N–H and O–H groups in total. The van der Waals surface area contributed by atoms with E-state index in [1.165, 1.54) is 69.7 Å². The summed E-state index contributed by atoms with van der Waals surface area (Å²) >= 11 is 5.45. The zero-order valence-corrected chi connectivity index (χ0v) is 16.4. The highest BCUT2D eigenvalue weighted by atomic mass is 79.9. The molecule has 0 saturated carbocycles. The molecule has 0 atom stereocenters. The van der Waals surface area contributed by atoms with Crippen LogP contribution in [0.4, 0.5) is 0 Å². The second-order valence-electron chi connectivity index (χ2n) is 6.15. The monoisotopic (exact) mass is 400 g/mol. The Bertz CT molecular complexity index is 410. The summed E-state index contributed by atoms with van der Waals surface area (Å²) in [6.45, 7) is 3.40. The van der Waals surface area contributed by atoms with Crippen molar-refractivity contribution in [3.8, 4) is 5.88 Å². The first-order chi connectivity index (χ1) is 11.3. The smallest absolute Gasteiger partial charge is 0.213 e. The van der Waals surface area contributed by atoms with Gasteiger partial charge in [-0.05, 0) is 41.4 Å². The topological polar surface area (TPSA) is 25.4 Å². The molecule has 2 rings (SSSR count). The summed E-state index contributed by atoms with van der Waals surface area (Å²) in [5.74, 6) is 3.32. The Morgan fingerprint density at radius 1 is 1.04 bits per heavy atom. The van der Waals surface area contributed by atoms with Gasteiger partial charge in [-0.25, -0.2) is 4.98 Å². The molecule has 5 heteroatoms. The Morgan fingerprint density at radius 2 is 1.78 bits per heavy atom. The number of thioether (sulfide) groups is 1. The fraction of sp³-hybridized carbons (Fsp3) is 0.722. The van der Waals surface area contributed by atoms with Gasteiger partial charge in [0.25, 0.3) is 0 Å². The summed E-state index contributed by atoms with van der Waals surface area (Å²) in [6, 6.07) is 3.87. The van der Waals surface area contributed by atoms with Crippen molar-refractivity contribution in [2.45, 2.75) is 51.4 Å². The number of aromatic nitrogens is 1. The third kappa shape index (κ3) is 8.96. The van der Waals surface area contributed by atoms with Crippen LogP contribution in [0.2, 0.25) is 0 Å². The van der Waals surface area contributed by atoms with Gasteiger partial charge in [0, 0.05) is 34.9 Å². The molecule has 0 bridgehead atoms. The fourth-order valence-corrected chi connectivity index (χ4v) is 4.02. The summed E-state index contributed by atoms with van der Waals surface area (Å²) in [6.07, 6.45) is 12.5. The third-order valence-electron chi connectivity index (χ3n) is 4.14. The first-order valence-corrected chi connectivity index (χ1v) is 10.8. The van der Waals surface area contributed by atoms with Crippen molar-refractivity contribution >= 4 is 27.7 Å². The highest BCUT2D eigenvalue weighted by Gasteiger charge is 2.10. The Hall–Kier alpha value is -0.260. The number of halogens is 1. The van der Waals surface area contributed by atoms with Crippen LogP contribution in [0.1, 0.15) is 51.4 Å². The van der Waals surface area contributed by atoms with E-state index in [9.17, 15) is 0 Å². The zero-order chi connectivity index (χ0) is 16.2. The lowest BCUT2D eigenvalue weighted by atomic mass is 10.1. The quantitative estimate of drug-likeness (QED) is 0.441. The number of unbranched alkanes of at least 4 members (excludes halogenated alkanes) is 7. The predicted molar refractivity (Wildman–Crippen MR) is 103 cm³/mol. The molecule has 0 amide bonds. The van der Waals surface area contributed by atoms with Crippen LogP contribution in [-0.4, -0.2) is 41.2 Å². The summed E-state index contributed by atoms with van der Waals surface area (Å²) in [7, 11) is 0. The van der Waals surface area contributed by atoms with Gasteiger partial charge < -0.3 is 4.74 Å². The van der Waals surface area contributed by atoms with Crippen molar-refractivity contribution in [1.82, 2.24) is 9.88 Å². The predicted octanol–water partition coefficient (Wildman–Crippen LogP) is 5.35. The molecule has 1 fully saturated rings. The van der Waals surface area contributed by atoms with Crippen molar-refractivity contribution < 1.29 is 4.74 Å². The molecule has 1 aliphatic heterocycles. The Labute approximate surface area is 153 Å². The average Bonchev–Trinajstić information content (AvgIpc) is 3.07. The minimum absolute atomic E-state index is 0.726. The lowest BCUT2D eigenvalue weighted by molar-refractivity contribution is 0.293. The first-order valence-electron chi connectivity index (χ1n) is 8.89. The molecule has 1 aromatic heterocycles. The van der Waals surface area contributed by atoms with E-state index in [-0.39, 0.29) is 0 Å². The Balaban J connectivity index is 1.32. The lowest BCUT2D eigenvalue weighted by Gasteiger charge is -2.12. The van der Waals surface area contributed by atoms with Crippen molar-refractivity contribution in [2.75, 3.05) is 31.3 Å². The zero-order valence-electron chi connectivity index (χ0n) is 14.0. The molecule has 0 spiro atoms. The van der Waals surface area contributed by atoms with E-state index in [2.05, 4.69) is 37.6 Å². The Kier molecular flexibility index (Phi) is 10.1. The number of rotatable bonds is 12. The standard InChI is InChI=1S/C18H29BrN2OS/c19-17-9-10-18(20-15-17)22-13-8-6-4-2-1-3-5-7-11-21-12-14-23-16-21/h9-10,15H,1-8,11-14,16H2. The summed E-state index contributed by atoms with van der Waals surface area (Å²) in [5.41, 5.74) is 0. The maximum Gasteiger partial charge on any atom is 0.213 e. The molecule has 130 valence electrons. The van der Waals surface area contributed by atoms with Gasteiger partial charge in [0.1, 0.15) is 0 Å². The van der Waals surface area contributed by atoms with Crippen LogP contribution in [0.25, 0.3) is 0 Å². The van der Waals surface area contributed by atoms with E-state index in [0.29, 0.717) is 0 Å². The third-order valence-corrected chi connectivity index (χ3v) is 5.63. The second kappa shape index (κ2) is 12.2. The Morgan fingerprint density at radius 3 is 2.43 bits per heavy atom.